The van der Waals surface area contributed by atoms with Crippen LogP contribution in [0.2, 0.25) is 0 Å². The lowest BCUT2D eigenvalue weighted by Crippen LogP contribution is -2.21. The van der Waals surface area contributed by atoms with E-state index >= 15 is 0 Å². The molecule has 2 aromatic heterocycles. The van der Waals surface area contributed by atoms with Crippen molar-refractivity contribution in [3.8, 4) is 16.9 Å². The average Bonchev–Trinajstić information content (AvgIpc) is 2.98. The first-order chi connectivity index (χ1) is 11.0. The first-order valence-electron chi connectivity index (χ1n) is 7.02. The van der Waals surface area contributed by atoms with Gasteiger partial charge in [-0.2, -0.15) is 5.10 Å². The van der Waals surface area contributed by atoms with Gasteiger partial charge in [0.25, 0.3) is 0 Å². The summed E-state index contributed by atoms with van der Waals surface area (Å²) in [5, 5.41) is 4.61. The predicted octanol–water partition coefficient (Wildman–Crippen LogP) is 1.98. The van der Waals surface area contributed by atoms with Crippen molar-refractivity contribution < 1.29 is 8.42 Å². The van der Waals surface area contributed by atoms with Crippen LogP contribution in [-0.2, 0) is 16.6 Å². The van der Waals surface area contributed by atoms with E-state index in [0.717, 1.165) is 28.8 Å². The zero-order chi connectivity index (χ0) is 16.3. The summed E-state index contributed by atoms with van der Waals surface area (Å²) < 4.78 is 27.0. The summed E-state index contributed by atoms with van der Waals surface area (Å²) in [7, 11) is -3.28. The molecule has 1 N–H and O–H groups in total. The van der Waals surface area contributed by atoms with Gasteiger partial charge in [-0.15, -0.1) is 0 Å². The Bertz CT molecular complexity index is 890. The fourth-order valence-corrected chi connectivity index (χ4v) is 2.63. The highest BCUT2D eigenvalue weighted by Gasteiger charge is 2.13. The molecule has 0 aliphatic rings. The largest absolute Gasteiger partial charge is 0.265 e. The van der Waals surface area contributed by atoms with E-state index in [-0.39, 0.29) is 6.54 Å². The molecule has 0 radical (unpaired) electrons. The van der Waals surface area contributed by atoms with Crippen LogP contribution in [0.1, 0.15) is 5.56 Å². The van der Waals surface area contributed by atoms with Crippen molar-refractivity contribution in [3.63, 3.8) is 0 Å². The molecule has 0 saturated heterocycles. The smallest absolute Gasteiger partial charge is 0.209 e. The molecular weight excluding hydrogens is 312 g/mol. The second-order valence-electron chi connectivity index (χ2n) is 5.11. The third-order valence-corrected chi connectivity index (χ3v) is 3.96. The fourth-order valence-electron chi connectivity index (χ4n) is 2.21. The molecule has 7 heteroatoms. The van der Waals surface area contributed by atoms with Crippen molar-refractivity contribution in [2.75, 3.05) is 6.26 Å². The quantitative estimate of drug-likeness (QED) is 0.777. The van der Waals surface area contributed by atoms with Crippen LogP contribution in [0.25, 0.3) is 16.9 Å². The molecule has 0 saturated carbocycles. The minimum atomic E-state index is -3.28. The van der Waals surface area contributed by atoms with Crippen LogP contribution in [0, 0.1) is 0 Å². The van der Waals surface area contributed by atoms with Crippen LogP contribution in [0.5, 0.6) is 0 Å². The Kier molecular flexibility index (Phi) is 4.22. The molecule has 0 aliphatic carbocycles. The van der Waals surface area contributed by atoms with E-state index < -0.39 is 10.0 Å². The van der Waals surface area contributed by atoms with Gasteiger partial charge in [-0.05, 0) is 24.3 Å². The Morgan fingerprint density at radius 1 is 1.09 bits per heavy atom. The topological polar surface area (TPSA) is 76.9 Å². The SMILES string of the molecule is CS(=O)(=O)NCc1cn(-c2ccccc2)nc1-c1ccncc1. The number of nitrogens with zero attached hydrogens (tertiary/aromatic N) is 3. The van der Waals surface area contributed by atoms with Gasteiger partial charge in [0.15, 0.2) is 0 Å². The minimum absolute atomic E-state index is 0.184. The molecular formula is C16H16N4O2S. The highest BCUT2D eigenvalue weighted by Crippen LogP contribution is 2.23. The molecule has 1 aromatic carbocycles. The Morgan fingerprint density at radius 2 is 1.78 bits per heavy atom. The average molecular weight is 328 g/mol. The van der Waals surface area contributed by atoms with Crippen LogP contribution in [0.4, 0.5) is 0 Å². The summed E-state index contributed by atoms with van der Waals surface area (Å²) in [6.45, 7) is 0.184. The zero-order valence-corrected chi connectivity index (χ0v) is 13.4. The number of pyridine rings is 1. The fraction of sp³-hybridized carbons (Fsp3) is 0.125. The lowest BCUT2D eigenvalue weighted by Gasteiger charge is -2.02. The predicted molar refractivity (Wildman–Crippen MR) is 88.5 cm³/mol. The van der Waals surface area contributed by atoms with Crippen molar-refractivity contribution in [1.29, 1.82) is 0 Å². The van der Waals surface area contributed by atoms with Crippen LogP contribution in [0.3, 0.4) is 0 Å². The maximum Gasteiger partial charge on any atom is 0.209 e. The Morgan fingerprint density at radius 3 is 2.43 bits per heavy atom. The summed E-state index contributed by atoms with van der Waals surface area (Å²) in [5.74, 6) is 0. The summed E-state index contributed by atoms with van der Waals surface area (Å²) in [4.78, 5) is 4.00. The van der Waals surface area contributed by atoms with E-state index in [1.54, 1.807) is 17.1 Å². The van der Waals surface area contributed by atoms with E-state index in [4.69, 9.17) is 0 Å². The van der Waals surface area contributed by atoms with E-state index in [2.05, 4.69) is 14.8 Å². The number of para-hydroxylation sites is 1. The van der Waals surface area contributed by atoms with Gasteiger partial charge < -0.3 is 0 Å². The molecule has 0 aliphatic heterocycles. The highest BCUT2D eigenvalue weighted by molar-refractivity contribution is 7.88. The lowest BCUT2D eigenvalue weighted by molar-refractivity contribution is 0.587. The molecule has 0 amide bonds. The number of hydrogen-bond donors (Lipinski definition) is 1. The third kappa shape index (κ3) is 3.82. The van der Waals surface area contributed by atoms with Gasteiger partial charge >= 0.3 is 0 Å². The minimum Gasteiger partial charge on any atom is -0.265 e. The first-order valence-corrected chi connectivity index (χ1v) is 8.91. The van der Waals surface area contributed by atoms with Gasteiger partial charge in [-0.1, -0.05) is 18.2 Å². The summed E-state index contributed by atoms with van der Waals surface area (Å²) in [6, 6.07) is 13.4. The number of hydrogen-bond acceptors (Lipinski definition) is 4. The normalized spacial score (nSPS) is 11.5. The van der Waals surface area contributed by atoms with Crippen LogP contribution < -0.4 is 4.72 Å². The molecule has 0 atom stereocenters. The summed E-state index contributed by atoms with van der Waals surface area (Å²) in [5.41, 5.74) is 3.33. The molecule has 0 bridgehead atoms. The Balaban J connectivity index is 2.03. The van der Waals surface area contributed by atoms with Gasteiger partial charge in [0.1, 0.15) is 0 Å². The molecule has 0 spiro atoms. The second-order valence-corrected chi connectivity index (χ2v) is 6.95. The lowest BCUT2D eigenvalue weighted by atomic mass is 10.1. The third-order valence-electron chi connectivity index (χ3n) is 3.29. The van der Waals surface area contributed by atoms with Gasteiger partial charge in [0.2, 0.25) is 10.0 Å². The van der Waals surface area contributed by atoms with Gasteiger partial charge in [-0.3, -0.25) is 4.98 Å². The number of rotatable bonds is 5. The molecule has 6 nitrogen and oxygen atoms in total. The van der Waals surface area contributed by atoms with Crippen LogP contribution in [-0.4, -0.2) is 29.4 Å². The first kappa shape index (κ1) is 15.4. The maximum absolute atomic E-state index is 11.4. The number of aromatic nitrogens is 3. The molecule has 0 fully saturated rings. The molecule has 23 heavy (non-hydrogen) atoms. The summed E-state index contributed by atoms with van der Waals surface area (Å²) >= 11 is 0. The van der Waals surface area contributed by atoms with Crippen molar-refractivity contribution in [1.82, 2.24) is 19.5 Å². The second kappa shape index (κ2) is 6.31. The van der Waals surface area contributed by atoms with Crippen molar-refractivity contribution >= 4 is 10.0 Å². The van der Waals surface area contributed by atoms with E-state index in [9.17, 15) is 8.42 Å². The molecule has 3 rings (SSSR count). The Labute approximate surface area is 134 Å². The number of benzene rings is 1. The zero-order valence-electron chi connectivity index (χ0n) is 12.5. The molecule has 0 unspecified atom stereocenters. The van der Waals surface area contributed by atoms with Crippen molar-refractivity contribution in [2.45, 2.75) is 6.54 Å². The maximum atomic E-state index is 11.4. The van der Waals surface area contributed by atoms with Gasteiger partial charge in [0, 0.05) is 36.3 Å². The van der Waals surface area contributed by atoms with E-state index in [1.165, 1.54) is 0 Å². The molecule has 2 heterocycles. The standard InChI is InChI=1S/C16H16N4O2S/c1-23(21,22)18-11-14-12-20(15-5-3-2-4-6-15)19-16(14)13-7-9-17-10-8-13/h2-10,12,18H,11H2,1H3. The highest BCUT2D eigenvalue weighted by atomic mass is 32.2. The van der Waals surface area contributed by atoms with Crippen LogP contribution >= 0.6 is 0 Å². The molecule has 3 aromatic rings. The van der Waals surface area contributed by atoms with Crippen LogP contribution in [0.15, 0.2) is 61.1 Å². The van der Waals surface area contributed by atoms with Gasteiger partial charge in [-0.25, -0.2) is 17.8 Å². The molecule has 118 valence electrons. The van der Waals surface area contributed by atoms with E-state index in [1.807, 2.05) is 48.7 Å². The van der Waals surface area contributed by atoms with E-state index in [0.29, 0.717) is 0 Å². The monoisotopic (exact) mass is 328 g/mol. The number of sulfonamides is 1. The van der Waals surface area contributed by atoms with Crippen molar-refractivity contribution in [3.05, 3.63) is 66.6 Å². The number of nitrogens with one attached hydrogen (secondary N) is 1. The summed E-state index contributed by atoms with van der Waals surface area (Å²) in [6.07, 6.45) is 6.35. The van der Waals surface area contributed by atoms with Gasteiger partial charge in [0.05, 0.1) is 17.6 Å². The van der Waals surface area contributed by atoms with Crippen molar-refractivity contribution in [2.24, 2.45) is 0 Å². The Hall–Kier alpha value is -2.51.